The number of carbonyl (C=O) groups is 1. The Labute approximate surface area is 104 Å². The maximum atomic E-state index is 10.8. The van der Waals surface area contributed by atoms with E-state index in [1.807, 2.05) is 6.92 Å². The molecule has 0 fully saturated rings. The minimum Gasteiger partial charge on any atom is -0.476 e. The van der Waals surface area contributed by atoms with E-state index in [2.05, 4.69) is 14.5 Å². The van der Waals surface area contributed by atoms with Gasteiger partial charge in [-0.3, -0.25) is 10.1 Å². The molecule has 0 unspecified atom stereocenters. The summed E-state index contributed by atoms with van der Waals surface area (Å²) in [5, 5.41) is 23.4. The third-order valence-electron chi connectivity index (χ3n) is 2.06. The first-order valence-electron chi connectivity index (χ1n) is 4.83. The molecule has 0 aromatic carbocycles. The first-order chi connectivity index (χ1) is 8.52. The number of carboxylic acids is 1. The molecule has 2 aromatic rings. The predicted molar refractivity (Wildman–Crippen MR) is 60.0 cm³/mol. The summed E-state index contributed by atoms with van der Waals surface area (Å²) < 4.78 is 5.05. The van der Waals surface area contributed by atoms with Gasteiger partial charge in [-0.25, -0.2) is 14.5 Å². The number of nitro groups is 1. The van der Waals surface area contributed by atoms with E-state index in [0.717, 1.165) is 22.4 Å². The van der Waals surface area contributed by atoms with Crippen LogP contribution in [-0.2, 0) is 6.42 Å². The van der Waals surface area contributed by atoms with Crippen LogP contribution in [-0.4, -0.2) is 35.1 Å². The second-order valence-corrected chi connectivity index (χ2v) is 3.95. The fourth-order valence-electron chi connectivity index (χ4n) is 1.23. The van der Waals surface area contributed by atoms with Crippen molar-refractivity contribution in [2.75, 3.05) is 0 Å². The quantitative estimate of drug-likeness (QED) is 0.645. The fraction of sp³-hybridized carbons (Fsp3) is 0.250. The van der Waals surface area contributed by atoms with Crippen molar-refractivity contribution in [1.29, 1.82) is 0 Å². The van der Waals surface area contributed by atoms with Crippen molar-refractivity contribution in [2.24, 2.45) is 0 Å². The van der Waals surface area contributed by atoms with Gasteiger partial charge < -0.3 is 5.11 Å². The summed E-state index contributed by atoms with van der Waals surface area (Å²) in [6, 6.07) is 0. The number of hydrogen-bond donors (Lipinski definition) is 1. The summed E-state index contributed by atoms with van der Waals surface area (Å²) in [5.41, 5.74) is -1.19. The van der Waals surface area contributed by atoms with E-state index in [4.69, 9.17) is 5.11 Å². The standard InChI is InChI=1S/C8H7N5O4S/c1-2-5-9-8(18-11-5)12-3-4(13(16)17)6(10-12)7(14)15/h3H,2H2,1H3,(H,14,15). The zero-order chi connectivity index (χ0) is 13.3. The molecule has 0 saturated carbocycles. The molecule has 0 atom stereocenters. The molecule has 0 aliphatic rings. The number of carboxylic acid groups (broad SMARTS) is 1. The molecular weight excluding hydrogens is 262 g/mol. The summed E-state index contributed by atoms with van der Waals surface area (Å²) in [6.07, 6.45) is 1.63. The molecule has 0 aliphatic heterocycles. The van der Waals surface area contributed by atoms with Gasteiger partial charge in [0.1, 0.15) is 12.0 Å². The van der Waals surface area contributed by atoms with Crippen LogP contribution >= 0.6 is 11.5 Å². The molecule has 10 heteroatoms. The minimum atomic E-state index is -1.46. The van der Waals surface area contributed by atoms with Gasteiger partial charge in [0.15, 0.2) is 0 Å². The Hall–Kier alpha value is -2.36. The van der Waals surface area contributed by atoms with Gasteiger partial charge >= 0.3 is 11.7 Å². The van der Waals surface area contributed by atoms with Gasteiger partial charge in [0.25, 0.3) is 0 Å². The van der Waals surface area contributed by atoms with Gasteiger partial charge in [0, 0.05) is 18.0 Å². The normalized spacial score (nSPS) is 10.5. The smallest absolute Gasteiger partial charge is 0.363 e. The Morgan fingerprint density at radius 1 is 1.67 bits per heavy atom. The topological polar surface area (TPSA) is 124 Å². The van der Waals surface area contributed by atoms with Crippen molar-refractivity contribution in [1.82, 2.24) is 19.1 Å². The number of aromatic nitrogens is 4. The van der Waals surface area contributed by atoms with E-state index in [1.165, 1.54) is 0 Å². The highest BCUT2D eigenvalue weighted by molar-refractivity contribution is 7.08. The van der Waals surface area contributed by atoms with Gasteiger partial charge in [-0.15, -0.1) is 0 Å². The molecule has 18 heavy (non-hydrogen) atoms. The van der Waals surface area contributed by atoms with Crippen molar-refractivity contribution in [3.8, 4) is 5.13 Å². The first kappa shape index (κ1) is 12.1. The molecule has 2 rings (SSSR count). The highest BCUT2D eigenvalue weighted by atomic mass is 32.1. The Balaban J connectivity index is 2.49. The van der Waals surface area contributed by atoms with Gasteiger partial charge in [0.05, 0.1) is 4.92 Å². The van der Waals surface area contributed by atoms with Crippen molar-refractivity contribution in [2.45, 2.75) is 13.3 Å². The highest BCUT2D eigenvalue weighted by Gasteiger charge is 2.26. The number of rotatable bonds is 4. The average Bonchev–Trinajstić information content (AvgIpc) is 2.95. The molecule has 0 saturated heterocycles. The molecule has 0 amide bonds. The van der Waals surface area contributed by atoms with Crippen molar-refractivity contribution < 1.29 is 14.8 Å². The molecule has 2 heterocycles. The average molecular weight is 269 g/mol. The van der Waals surface area contributed by atoms with E-state index in [-0.39, 0.29) is 0 Å². The van der Waals surface area contributed by atoms with E-state index in [0.29, 0.717) is 17.4 Å². The third kappa shape index (κ3) is 2.05. The minimum absolute atomic E-state index is 0.294. The van der Waals surface area contributed by atoms with Gasteiger partial charge in [0.2, 0.25) is 10.8 Å². The Morgan fingerprint density at radius 2 is 2.39 bits per heavy atom. The van der Waals surface area contributed by atoms with Crippen LogP contribution in [0.25, 0.3) is 5.13 Å². The monoisotopic (exact) mass is 269 g/mol. The number of aryl methyl sites for hydroxylation is 1. The van der Waals surface area contributed by atoms with Crippen molar-refractivity contribution in [3.63, 3.8) is 0 Å². The van der Waals surface area contributed by atoms with Crippen LogP contribution in [0.2, 0.25) is 0 Å². The van der Waals surface area contributed by atoms with E-state index >= 15 is 0 Å². The molecule has 2 aromatic heterocycles. The number of aromatic carboxylic acids is 1. The second-order valence-electron chi connectivity index (χ2n) is 3.22. The van der Waals surface area contributed by atoms with Crippen LogP contribution in [0.15, 0.2) is 6.20 Å². The summed E-state index contributed by atoms with van der Waals surface area (Å²) in [5.74, 6) is -0.884. The maximum Gasteiger partial charge on any atom is 0.363 e. The van der Waals surface area contributed by atoms with E-state index in [1.54, 1.807) is 0 Å². The lowest BCUT2D eigenvalue weighted by Crippen LogP contribution is -2.02. The summed E-state index contributed by atoms with van der Waals surface area (Å²) in [7, 11) is 0. The lowest BCUT2D eigenvalue weighted by atomic mass is 10.4. The van der Waals surface area contributed by atoms with Gasteiger partial charge in [-0.05, 0) is 0 Å². The van der Waals surface area contributed by atoms with E-state index in [9.17, 15) is 14.9 Å². The van der Waals surface area contributed by atoms with Gasteiger partial charge in [-0.2, -0.15) is 9.47 Å². The van der Waals surface area contributed by atoms with Crippen LogP contribution in [0.5, 0.6) is 0 Å². The first-order valence-corrected chi connectivity index (χ1v) is 5.60. The lowest BCUT2D eigenvalue weighted by Gasteiger charge is -1.89. The zero-order valence-corrected chi connectivity index (χ0v) is 9.92. The third-order valence-corrected chi connectivity index (χ3v) is 2.81. The number of hydrogen-bond acceptors (Lipinski definition) is 7. The second kappa shape index (κ2) is 4.49. The largest absolute Gasteiger partial charge is 0.476 e. The van der Waals surface area contributed by atoms with Crippen LogP contribution in [0.3, 0.4) is 0 Å². The fourth-order valence-corrected chi connectivity index (χ4v) is 1.91. The maximum absolute atomic E-state index is 10.8. The van der Waals surface area contributed by atoms with Crippen LogP contribution in [0.1, 0.15) is 23.2 Å². The Kier molecular flexibility index (Phi) is 3.02. The zero-order valence-electron chi connectivity index (χ0n) is 9.10. The molecule has 0 bridgehead atoms. The van der Waals surface area contributed by atoms with Crippen molar-refractivity contribution in [3.05, 3.63) is 27.8 Å². The van der Waals surface area contributed by atoms with E-state index < -0.39 is 22.3 Å². The summed E-state index contributed by atoms with van der Waals surface area (Å²) in [4.78, 5) is 24.8. The molecule has 0 aliphatic carbocycles. The van der Waals surface area contributed by atoms with Crippen molar-refractivity contribution >= 4 is 23.2 Å². The van der Waals surface area contributed by atoms with Crippen LogP contribution < -0.4 is 0 Å². The molecule has 0 spiro atoms. The van der Waals surface area contributed by atoms with Gasteiger partial charge in [-0.1, -0.05) is 6.92 Å². The summed E-state index contributed by atoms with van der Waals surface area (Å²) in [6.45, 7) is 1.86. The molecule has 94 valence electrons. The SMILES string of the molecule is CCc1nsc(-n2cc([N+](=O)[O-])c(C(=O)O)n2)n1. The molecule has 1 N–H and O–H groups in total. The van der Waals surface area contributed by atoms with Crippen LogP contribution in [0.4, 0.5) is 5.69 Å². The highest BCUT2D eigenvalue weighted by Crippen LogP contribution is 2.20. The number of nitrogens with zero attached hydrogens (tertiary/aromatic N) is 5. The van der Waals surface area contributed by atoms with Crippen LogP contribution in [0, 0.1) is 10.1 Å². The predicted octanol–water partition coefficient (Wildman–Crippen LogP) is 0.893. The Bertz CT molecular complexity index is 587. The lowest BCUT2D eigenvalue weighted by molar-refractivity contribution is -0.385. The molecule has 9 nitrogen and oxygen atoms in total. The summed E-state index contributed by atoms with van der Waals surface area (Å²) >= 11 is 0.997. The molecule has 0 radical (unpaired) electrons. The Morgan fingerprint density at radius 3 is 2.83 bits per heavy atom. The molecular formula is C8H7N5O4S.